The minimum atomic E-state index is -0.198. The van der Waals surface area contributed by atoms with Gasteiger partial charge in [-0.05, 0) is 79.9 Å². The number of aromatic hydroxyl groups is 1. The summed E-state index contributed by atoms with van der Waals surface area (Å²) in [6.07, 6.45) is 4.71. The van der Waals surface area contributed by atoms with Crippen molar-refractivity contribution in [1.29, 1.82) is 0 Å². The molecule has 26 heavy (non-hydrogen) atoms. The normalized spacial score (nSPS) is 37.0. The first kappa shape index (κ1) is 17.7. The average Bonchev–Trinajstić information content (AvgIpc) is 2.92. The smallest absolute Gasteiger partial charge is 0.161 e. The highest BCUT2D eigenvalue weighted by Crippen LogP contribution is 2.61. The van der Waals surface area contributed by atoms with Crippen LogP contribution in [0.1, 0.15) is 63.0 Å². The number of phenolic OH excluding ortho intramolecular Hbond substituents is 1. The number of phenols is 1. The molecule has 0 saturated heterocycles. The number of oxime groups is 1. The second-order valence-electron chi connectivity index (χ2n) is 8.28. The Labute approximate surface area is 155 Å². The van der Waals surface area contributed by atoms with Gasteiger partial charge in [-0.1, -0.05) is 12.1 Å². The second kappa shape index (κ2) is 6.45. The van der Waals surface area contributed by atoms with Crippen molar-refractivity contribution in [2.75, 3.05) is 13.7 Å². The zero-order valence-corrected chi connectivity index (χ0v) is 15.9. The van der Waals surface area contributed by atoms with E-state index in [1.165, 1.54) is 5.56 Å². The van der Waals surface area contributed by atoms with Gasteiger partial charge in [-0.2, -0.15) is 0 Å². The van der Waals surface area contributed by atoms with Gasteiger partial charge in [-0.25, -0.2) is 0 Å². The molecule has 2 fully saturated rings. The number of hydrogen-bond acceptors (Lipinski definition) is 5. The molecule has 5 heteroatoms. The van der Waals surface area contributed by atoms with Crippen LogP contribution in [-0.4, -0.2) is 35.7 Å². The van der Waals surface area contributed by atoms with Crippen LogP contribution < -0.4 is 4.74 Å². The Balaban J connectivity index is 1.80. The SMILES string of the molecule is CCOc1cc2c(cc1O)/C(=N\OC)C[C@@H]1[C@@H]2CC[C@]2(C)[C@@H]1CC[C@@H]2O. The molecule has 0 amide bonds. The van der Waals surface area contributed by atoms with Crippen molar-refractivity contribution in [2.24, 2.45) is 22.4 Å². The molecular weight excluding hydrogens is 330 g/mol. The molecule has 0 bridgehead atoms. The lowest BCUT2D eigenvalue weighted by atomic mass is 9.55. The quantitative estimate of drug-likeness (QED) is 0.805. The molecule has 142 valence electrons. The first-order valence-corrected chi connectivity index (χ1v) is 9.77. The Morgan fingerprint density at radius 3 is 2.81 bits per heavy atom. The van der Waals surface area contributed by atoms with Gasteiger partial charge in [0.05, 0.1) is 18.4 Å². The monoisotopic (exact) mass is 359 g/mol. The van der Waals surface area contributed by atoms with Crippen molar-refractivity contribution in [3.63, 3.8) is 0 Å². The van der Waals surface area contributed by atoms with Crippen molar-refractivity contribution in [3.8, 4) is 11.5 Å². The molecule has 0 spiro atoms. The van der Waals surface area contributed by atoms with E-state index in [9.17, 15) is 10.2 Å². The van der Waals surface area contributed by atoms with Crippen LogP contribution in [-0.2, 0) is 4.84 Å². The highest BCUT2D eigenvalue weighted by atomic mass is 16.6. The Hall–Kier alpha value is -1.75. The van der Waals surface area contributed by atoms with E-state index < -0.39 is 0 Å². The van der Waals surface area contributed by atoms with E-state index in [1.807, 2.05) is 13.0 Å². The van der Waals surface area contributed by atoms with Gasteiger partial charge in [0.15, 0.2) is 11.5 Å². The van der Waals surface area contributed by atoms with Crippen molar-refractivity contribution in [1.82, 2.24) is 0 Å². The van der Waals surface area contributed by atoms with Gasteiger partial charge in [0, 0.05) is 5.56 Å². The van der Waals surface area contributed by atoms with Crippen LogP contribution in [0.25, 0.3) is 0 Å². The molecule has 2 saturated carbocycles. The standard InChI is InChI=1S/C21H29NO4/c1-4-26-19-11-13-12-7-8-21(2)16(5-6-20(21)24)14(12)9-17(22-25-3)15(13)10-18(19)23/h10-12,14,16,20,23-24H,4-9H2,1-3H3/b22-17-/t12-,14-,16-,20+,21-/m1/s1. The van der Waals surface area contributed by atoms with Gasteiger partial charge in [0.25, 0.3) is 0 Å². The fraction of sp³-hybridized carbons (Fsp3) is 0.667. The zero-order chi connectivity index (χ0) is 18.5. The van der Waals surface area contributed by atoms with E-state index >= 15 is 0 Å². The second-order valence-corrected chi connectivity index (χ2v) is 8.28. The van der Waals surface area contributed by atoms with E-state index in [4.69, 9.17) is 9.57 Å². The van der Waals surface area contributed by atoms with E-state index in [0.29, 0.717) is 30.1 Å². The molecule has 0 unspecified atom stereocenters. The molecule has 5 atom stereocenters. The summed E-state index contributed by atoms with van der Waals surface area (Å²) in [6, 6.07) is 3.79. The molecule has 5 nitrogen and oxygen atoms in total. The van der Waals surface area contributed by atoms with Gasteiger partial charge in [-0.15, -0.1) is 0 Å². The van der Waals surface area contributed by atoms with E-state index in [0.717, 1.165) is 43.4 Å². The number of nitrogens with zero attached hydrogens (tertiary/aromatic N) is 1. The lowest BCUT2D eigenvalue weighted by Crippen LogP contribution is -2.45. The third-order valence-corrected chi connectivity index (χ3v) is 7.16. The molecule has 0 heterocycles. The van der Waals surface area contributed by atoms with Crippen LogP contribution in [0.5, 0.6) is 11.5 Å². The summed E-state index contributed by atoms with van der Waals surface area (Å²) in [6.45, 7) is 4.70. The summed E-state index contributed by atoms with van der Waals surface area (Å²) < 4.78 is 5.64. The van der Waals surface area contributed by atoms with Crippen LogP contribution in [0, 0.1) is 17.3 Å². The van der Waals surface area contributed by atoms with E-state index in [1.54, 1.807) is 13.2 Å². The minimum absolute atomic E-state index is 0.0104. The number of fused-ring (bicyclic) bond motifs is 5. The summed E-state index contributed by atoms with van der Waals surface area (Å²) >= 11 is 0. The molecule has 0 aliphatic heterocycles. The van der Waals surface area contributed by atoms with Crippen LogP contribution in [0.3, 0.4) is 0 Å². The van der Waals surface area contributed by atoms with Crippen LogP contribution in [0.4, 0.5) is 0 Å². The minimum Gasteiger partial charge on any atom is -0.504 e. The number of benzene rings is 1. The predicted molar refractivity (Wildman–Crippen MR) is 99.7 cm³/mol. The zero-order valence-electron chi connectivity index (χ0n) is 15.9. The fourth-order valence-electron chi connectivity index (χ4n) is 5.87. The Bertz CT molecular complexity index is 731. The van der Waals surface area contributed by atoms with Crippen LogP contribution in [0.15, 0.2) is 17.3 Å². The summed E-state index contributed by atoms with van der Waals surface area (Å²) in [5, 5.41) is 25.2. The average molecular weight is 359 g/mol. The molecule has 3 aliphatic rings. The molecule has 2 N–H and O–H groups in total. The van der Waals surface area contributed by atoms with Gasteiger partial charge in [0.1, 0.15) is 7.11 Å². The van der Waals surface area contributed by atoms with Crippen molar-refractivity contribution in [2.45, 2.75) is 58.0 Å². The molecule has 3 aliphatic carbocycles. The topological polar surface area (TPSA) is 71.3 Å². The third-order valence-electron chi connectivity index (χ3n) is 7.16. The van der Waals surface area contributed by atoms with E-state index in [2.05, 4.69) is 12.1 Å². The lowest BCUT2D eigenvalue weighted by Gasteiger charge is -2.50. The van der Waals surface area contributed by atoms with Gasteiger partial charge < -0.3 is 19.8 Å². The number of aliphatic hydroxyl groups excluding tert-OH is 1. The van der Waals surface area contributed by atoms with Crippen LogP contribution in [0.2, 0.25) is 0 Å². The molecular formula is C21H29NO4. The largest absolute Gasteiger partial charge is 0.504 e. The molecule has 1 aromatic rings. The maximum atomic E-state index is 10.6. The summed E-state index contributed by atoms with van der Waals surface area (Å²) in [4.78, 5) is 5.12. The molecule has 0 aromatic heterocycles. The van der Waals surface area contributed by atoms with Crippen molar-refractivity contribution < 1.29 is 19.8 Å². The third kappa shape index (κ3) is 2.51. The number of rotatable bonds is 3. The Kier molecular flexibility index (Phi) is 4.38. The summed E-state index contributed by atoms with van der Waals surface area (Å²) in [5.41, 5.74) is 3.10. The highest BCUT2D eigenvalue weighted by Gasteiger charge is 2.55. The number of hydrogen-bond donors (Lipinski definition) is 2. The highest BCUT2D eigenvalue weighted by molar-refractivity contribution is 6.03. The Morgan fingerprint density at radius 2 is 2.08 bits per heavy atom. The fourth-order valence-corrected chi connectivity index (χ4v) is 5.87. The summed E-state index contributed by atoms with van der Waals surface area (Å²) in [5.74, 6) is 2.07. The van der Waals surface area contributed by atoms with Crippen molar-refractivity contribution in [3.05, 3.63) is 23.3 Å². The summed E-state index contributed by atoms with van der Waals surface area (Å²) in [7, 11) is 1.57. The van der Waals surface area contributed by atoms with Gasteiger partial charge in [-0.3, -0.25) is 0 Å². The first-order chi connectivity index (χ1) is 12.5. The van der Waals surface area contributed by atoms with Crippen molar-refractivity contribution >= 4 is 5.71 Å². The molecule has 1 aromatic carbocycles. The van der Waals surface area contributed by atoms with Gasteiger partial charge >= 0.3 is 0 Å². The number of ether oxygens (including phenoxy) is 1. The predicted octanol–water partition coefficient (Wildman–Crippen LogP) is 3.82. The number of aliphatic hydroxyl groups is 1. The lowest BCUT2D eigenvalue weighted by molar-refractivity contribution is -0.0179. The first-order valence-electron chi connectivity index (χ1n) is 9.77. The molecule has 0 radical (unpaired) electrons. The van der Waals surface area contributed by atoms with E-state index in [-0.39, 0.29) is 17.3 Å². The van der Waals surface area contributed by atoms with Gasteiger partial charge in [0.2, 0.25) is 0 Å². The Morgan fingerprint density at radius 1 is 1.27 bits per heavy atom. The van der Waals surface area contributed by atoms with Crippen LogP contribution >= 0.6 is 0 Å². The maximum Gasteiger partial charge on any atom is 0.161 e. The maximum absolute atomic E-state index is 10.6. The molecule has 4 rings (SSSR count).